The summed E-state index contributed by atoms with van der Waals surface area (Å²) in [6, 6.07) is 0. The first-order valence-electron chi connectivity index (χ1n) is 0.998. The number of nitrogens with two attached hydrogens (primary N) is 1. The van der Waals surface area contributed by atoms with Crippen molar-refractivity contribution in [2.75, 3.05) is 0 Å². The molecule has 0 heterocycles. The van der Waals surface area contributed by atoms with E-state index in [0.29, 0.717) is 0 Å². The predicted octanol–water partition coefficient (Wildman–Crippen LogP) is -0.306. The molecule has 5 heavy (non-hydrogen) atoms. The number of nitrogens with one attached hydrogen (secondary N) is 1. The fourth-order valence-corrected chi connectivity index (χ4v) is 0.0333. The van der Waals surface area contributed by atoms with Gasteiger partial charge in [0.05, 0.1) is 0 Å². The summed E-state index contributed by atoms with van der Waals surface area (Å²) in [7, 11) is 0.944. The third kappa shape index (κ3) is 3.26. The fourth-order valence-electron chi connectivity index (χ4n) is 0.0333. The summed E-state index contributed by atoms with van der Waals surface area (Å²) in [6.07, 6.45) is 0. The molecule has 4 nitrogen and oxygen atoms in total. The third-order valence-electron chi connectivity index (χ3n) is 0.124. The van der Waals surface area contributed by atoms with Crippen molar-refractivity contribution in [2.45, 2.75) is 0 Å². The summed E-state index contributed by atoms with van der Waals surface area (Å²) < 4.78 is 0. The summed E-state index contributed by atoms with van der Waals surface area (Å²) in [5.41, 5.74) is 6.00. The molecule has 0 saturated heterocycles. The Labute approximate surface area is 29.8 Å². The monoisotopic (exact) mass is 70.0 g/mol. The van der Waals surface area contributed by atoms with Crippen LogP contribution in [-0.4, -0.2) is 7.21 Å². The van der Waals surface area contributed by atoms with E-state index in [1.54, 1.807) is 0 Å². The summed E-state index contributed by atoms with van der Waals surface area (Å²) in [5, 5.41) is 5.56. The van der Waals surface area contributed by atoms with Gasteiger partial charge in [-0.2, -0.15) is 0 Å². The molecule has 0 aromatic carbocycles. The maximum absolute atomic E-state index is 6.00. The molecule has 5 heteroatoms. The van der Waals surface area contributed by atoms with Crippen molar-refractivity contribution < 1.29 is 0 Å². The Balaban J connectivity index is 2.92. The van der Waals surface area contributed by atoms with Gasteiger partial charge in [0.1, 0.15) is 0 Å². The van der Waals surface area contributed by atoms with Crippen molar-refractivity contribution in [2.24, 2.45) is 15.9 Å². The number of hydrogen-bond donors (Lipinski definition) is 2. The van der Waals surface area contributed by atoms with Gasteiger partial charge in [-0.3, -0.25) is 0 Å². The Bertz CT molecular complexity index is 45.6. The Morgan fingerprint density at radius 3 is 2.40 bits per heavy atom. The van der Waals surface area contributed by atoms with Crippen LogP contribution in [0.4, 0.5) is 0 Å². The Kier molecular flexibility index (Phi) is 2.78. The van der Waals surface area contributed by atoms with Crippen LogP contribution < -0.4 is 5.84 Å². The van der Waals surface area contributed by atoms with Gasteiger partial charge in [-0.15, -0.1) is 0 Å². The minimum atomic E-state index is 0.944. The van der Waals surface area contributed by atoms with E-state index in [0.717, 1.165) is 7.21 Å². The van der Waals surface area contributed by atoms with E-state index in [9.17, 15) is 0 Å². The average molecular weight is 69.9 g/mol. The van der Waals surface area contributed by atoms with E-state index in [2.05, 4.69) is 15.9 Å². The van der Waals surface area contributed by atoms with Crippen LogP contribution >= 0.6 is 0 Å². The first-order chi connectivity index (χ1) is 2.41. The van der Waals surface area contributed by atoms with E-state index in [-0.39, 0.29) is 0 Å². The standard InChI is InChI=1S/BH3N4/c2-4-1-5-3/h2H,3H2. The molecule has 0 aromatic rings. The maximum atomic E-state index is 6.00. The summed E-state index contributed by atoms with van der Waals surface area (Å²) >= 11 is 0. The normalized spacial score (nSPS) is 7.20. The zero-order valence-corrected chi connectivity index (χ0v) is 2.55. The molecule has 0 aliphatic rings. The Morgan fingerprint density at radius 2 is 2.40 bits per heavy atom. The first kappa shape index (κ1) is 4.26. The number of hydrogen-bond acceptors (Lipinski definition) is 3. The van der Waals surface area contributed by atoms with Gasteiger partial charge < -0.3 is 0 Å². The molecule has 0 bridgehead atoms. The molecule has 0 saturated carbocycles. The van der Waals surface area contributed by atoms with Crippen LogP contribution in [-0.2, 0) is 0 Å². The second kappa shape index (κ2) is 3.26. The van der Waals surface area contributed by atoms with Gasteiger partial charge in [-0.05, 0) is 0 Å². The van der Waals surface area contributed by atoms with Crippen LogP contribution in [0.2, 0.25) is 0 Å². The molecule has 26 valence electrons. The van der Waals surface area contributed by atoms with Crippen LogP contribution in [0.15, 0.2) is 10.0 Å². The van der Waals surface area contributed by atoms with Gasteiger partial charge in [0.2, 0.25) is 0 Å². The minimum absolute atomic E-state index is 0.944. The van der Waals surface area contributed by atoms with E-state index in [1.807, 2.05) is 0 Å². The van der Waals surface area contributed by atoms with E-state index >= 15 is 0 Å². The molecule has 0 aliphatic carbocycles. The summed E-state index contributed by atoms with van der Waals surface area (Å²) in [6.45, 7) is 0. The fraction of sp³-hybridized carbons (Fsp3) is 0. The van der Waals surface area contributed by atoms with E-state index < -0.39 is 0 Å². The molecule has 0 rings (SSSR count). The van der Waals surface area contributed by atoms with Crippen molar-refractivity contribution in [1.29, 1.82) is 5.53 Å². The molecule has 0 aliphatic heterocycles. The van der Waals surface area contributed by atoms with Crippen molar-refractivity contribution >= 4 is 7.21 Å². The molecule has 0 fully saturated rings. The van der Waals surface area contributed by atoms with Crippen LogP contribution in [0, 0.1) is 5.53 Å². The van der Waals surface area contributed by atoms with Gasteiger partial charge in [0.15, 0.2) is 0 Å². The summed E-state index contributed by atoms with van der Waals surface area (Å²) in [5.74, 6) is 4.49. The first-order valence-corrected chi connectivity index (χ1v) is 0.998. The van der Waals surface area contributed by atoms with Crippen molar-refractivity contribution in [3.63, 3.8) is 0 Å². The molecule has 0 radical (unpaired) electrons. The van der Waals surface area contributed by atoms with Crippen molar-refractivity contribution in [3.8, 4) is 0 Å². The van der Waals surface area contributed by atoms with Gasteiger partial charge in [-0.1, -0.05) is 0 Å². The Morgan fingerprint density at radius 1 is 1.80 bits per heavy atom. The van der Waals surface area contributed by atoms with Gasteiger partial charge in [0, 0.05) is 0 Å². The van der Waals surface area contributed by atoms with Crippen molar-refractivity contribution in [1.82, 2.24) is 0 Å². The van der Waals surface area contributed by atoms with Crippen LogP contribution in [0.1, 0.15) is 0 Å². The predicted molar refractivity (Wildman–Crippen MR) is 17.5 cm³/mol. The quantitative estimate of drug-likeness (QED) is 0.189. The molecule has 0 aromatic heterocycles. The molecule has 0 spiro atoms. The second-order valence-corrected chi connectivity index (χ2v) is 0.394. The van der Waals surface area contributed by atoms with Gasteiger partial charge in [0.25, 0.3) is 0 Å². The summed E-state index contributed by atoms with van der Waals surface area (Å²) in [4.78, 5) is 0. The van der Waals surface area contributed by atoms with E-state index in [4.69, 9.17) is 5.53 Å². The van der Waals surface area contributed by atoms with Gasteiger partial charge >= 0.3 is 28.6 Å². The topological polar surface area (TPSA) is 74.6 Å². The molecule has 0 amide bonds. The SMILES string of the molecule is N=NB=NN. The third-order valence-corrected chi connectivity index (χ3v) is 0.124. The molecule has 3 N–H and O–H groups in total. The van der Waals surface area contributed by atoms with E-state index in [1.165, 1.54) is 0 Å². The number of rotatable bonds is 1. The zero-order valence-electron chi connectivity index (χ0n) is 2.55. The average Bonchev–Trinajstić information content (AvgIpc) is 1.41. The van der Waals surface area contributed by atoms with Crippen LogP contribution in [0.25, 0.3) is 0 Å². The Hall–Kier alpha value is -0.735. The van der Waals surface area contributed by atoms with Gasteiger partial charge in [-0.25, -0.2) is 0 Å². The zero-order chi connectivity index (χ0) is 4.12. The molecular formula is H3BN4. The van der Waals surface area contributed by atoms with Crippen LogP contribution in [0.3, 0.4) is 0 Å². The number of nitrogens with zero attached hydrogens (tertiary/aromatic N) is 2. The van der Waals surface area contributed by atoms with Crippen molar-refractivity contribution in [3.05, 3.63) is 0 Å². The second-order valence-electron chi connectivity index (χ2n) is 0.394. The van der Waals surface area contributed by atoms with Crippen LogP contribution in [0.5, 0.6) is 0 Å². The molecule has 0 unspecified atom stereocenters. The molecular weight excluding hydrogens is 66.8 g/mol. The molecule has 0 atom stereocenters.